The SMILES string of the molecule is O=C(CCSc1ccccc1)N/N=C/c1ccccc1Cl. The molecule has 21 heavy (non-hydrogen) atoms. The van der Waals surface area contributed by atoms with E-state index < -0.39 is 0 Å². The number of hydrogen-bond donors (Lipinski definition) is 1. The van der Waals surface area contributed by atoms with E-state index in [1.807, 2.05) is 48.5 Å². The molecule has 0 radical (unpaired) electrons. The summed E-state index contributed by atoms with van der Waals surface area (Å²) in [6, 6.07) is 17.3. The summed E-state index contributed by atoms with van der Waals surface area (Å²) >= 11 is 7.63. The third kappa shape index (κ3) is 5.61. The summed E-state index contributed by atoms with van der Waals surface area (Å²) < 4.78 is 0. The molecule has 0 spiro atoms. The smallest absolute Gasteiger partial charge is 0.240 e. The lowest BCUT2D eigenvalue weighted by molar-refractivity contribution is -0.120. The van der Waals surface area contributed by atoms with Gasteiger partial charge in [-0.05, 0) is 18.2 Å². The van der Waals surface area contributed by atoms with Crippen LogP contribution in [-0.2, 0) is 4.79 Å². The summed E-state index contributed by atoms with van der Waals surface area (Å²) in [5, 5.41) is 4.52. The second kappa shape index (κ2) is 8.49. The molecule has 0 aliphatic rings. The molecule has 108 valence electrons. The Hall–Kier alpha value is -1.78. The van der Waals surface area contributed by atoms with Gasteiger partial charge in [-0.15, -0.1) is 11.8 Å². The quantitative estimate of drug-likeness (QED) is 0.497. The van der Waals surface area contributed by atoms with Crippen LogP contribution in [0.25, 0.3) is 0 Å². The highest BCUT2D eigenvalue weighted by Gasteiger charge is 2.00. The van der Waals surface area contributed by atoms with Gasteiger partial charge in [-0.1, -0.05) is 48.0 Å². The first-order valence-electron chi connectivity index (χ1n) is 6.50. The van der Waals surface area contributed by atoms with Gasteiger partial charge in [-0.3, -0.25) is 4.79 Å². The number of carbonyl (C=O) groups is 1. The van der Waals surface area contributed by atoms with Crippen molar-refractivity contribution in [2.24, 2.45) is 5.10 Å². The summed E-state index contributed by atoms with van der Waals surface area (Å²) in [5.41, 5.74) is 3.28. The first-order valence-corrected chi connectivity index (χ1v) is 7.86. The average Bonchev–Trinajstić information content (AvgIpc) is 2.50. The van der Waals surface area contributed by atoms with Crippen molar-refractivity contribution in [3.8, 4) is 0 Å². The van der Waals surface area contributed by atoms with E-state index in [1.165, 1.54) is 0 Å². The summed E-state index contributed by atoms with van der Waals surface area (Å²) in [7, 11) is 0. The highest BCUT2D eigenvalue weighted by atomic mass is 35.5. The highest BCUT2D eigenvalue weighted by Crippen LogP contribution is 2.17. The molecule has 0 bridgehead atoms. The number of halogens is 1. The number of hydrogen-bond acceptors (Lipinski definition) is 3. The Morgan fingerprint density at radius 1 is 1.14 bits per heavy atom. The molecular weight excluding hydrogens is 304 g/mol. The molecule has 0 fully saturated rings. The number of hydrazone groups is 1. The van der Waals surface area contributed by atoms with Gasteiger partial charge < -0.3 is 0 Å². The zero-order valence-electron chi connectivity index (χ0n) is 11.3. The number of nitrogens with one attached hydrogen (secondary N) is 1. The molecule has 0 heterocycles. The van der Waals surface area contributed by atoms with Crippen LogP contribution in [0.2, 0.25) is 5.02 Å². The molecule has 3 nitrogen and oxygen atoms in total. The van der Waals surface area contributed by atoms with Gasteiger partial charge in [0.15, 0.2) is 0 Å². The van der Waals surface area contributed by atoms with E-state index in [-0.39, 0.29) is 5.91 Å². The second-order valence-corrected chi connectivity index (χ2v) is 5.80. The molecule has 1 amide bonds. The van der Waals surface area contributed by atoms with Gasteiger partial charge in [-0.2, -0.15) is 5.10 Å². The number of carbonyl (C=O) groups excluding carboxylic acids is 1. The largest absolute Gasteiger partial charge is 0.273 e. The van der Waals surface area contributed by atoms with Gasteiger partial charge in [0.05, 0.1) is 6.21 Å². The molecule has 1 N–H and O–H groups in total. The molecule has 0 aromatic heterocycles. The standard InChI is InChI=1S/C16H15ClN2OS/c17-15-9-5-4-6-13(15)12-18-19-16(20)10-11-21-14-7-2-1-3-8-14/h1-9,12H,10-11H2,(H,19,20)/b18-12+. The monoisotopic (exact) mass is 318 g/mol. The molecule has 0 aliphatic heterocycles. The van der Waals surface area contributed by atoms with Crippen molar-refractivity contribution in [3.63, 3.8) is 0 Å². The Morgan fingerprint density at radius 3 is 2.62 bits per heavy atom. The van der Waals surface area contributed by atoms with E-state index >= 15 is 0 Å². The molecule has 0 aliphatic carbocycles. The number of thioether (sulfide) groups is 1. The molecular formula is C16H15ClN2OS. The third-order valence-corrected chi connectivity index (χ3v) is 4.00. The van der Waals surface area contributed by atoms with Crippen molar-refractivity contribution in [2.75, 3.05) is 5.75 Å². The maximum atomic E-state index is 11.6. The zero-order valence-corrected chi connectivity index (χ0v) is 12.9. The van der Waals surface area contributed by atoms with Gasteiger partial charge >= 0.3 is 0 Å². The summed E-state index contributed by atoms with van der Waals surface area (Å²) in [4.78, 5) is 12.8. The minimum absolute atomic E-state index is 0.110. The highest BCUT2D eigenvalue weighted by molar-refractivity contribution is 7.99. The average molecular weight is 319 g/mol. The lowest BCUT2D eigenvalue weighted by atomic mass is 10.2. The van der Waals surface area contributed by atoms with Crippen LogP contribution in [0, 0.1) is 0 Å². The van der Waals surface area contributed by atoms with E-state index in [0.717, 1.165) is 16.2 Å². The molecule has 0 saturated carbocycles. The van der Waals surface area contributed by atoms with Crippen molar-refractivity contribution >= 4 is 35.5 Å². The van der Waals surface area contributed by atoms with Gasteiger partial charge in [0.2, 0.25) is 5.91 Å². The third-order valence-electron chi connectivity index (χ3n) is 2.64. The Balaban J connectivity index is 1.71. The normalized spacial score (nSPS) is 10.7. The Kier molecular flexibility index (Phi) is 6.31. The van der Waals surface area contributed by atoms with Crippen molar-refractivity contribution in [3.05, 3.63) is 65.2 Å². The van der Waals surface area contributed by atoms with E-state index in [2.05, 4.69) is 10.5 Å². The molecule has 0 unspecified atom stereocenters. The fourth-order valence-electron chi connectivity index (χ4n) is 1.59. The Morgan fingerprint density at radius 2 is 1.86 bits per heavy atom. The van der Waals surface area contributed by atoms with Crippen molar-refractivity contribution in [1.82, 2.24) is 5.43 Å². The van der Waals surface area contributed by atoms with Crippen LogP contribution in [0.15, 0.2) is 64.6 Å². The topological polar surface area (TPSA) is 41.5 Å². The van der Waals surface area contributed by atoms with Gasteiger partial charge in [0.25, 0.3) is 0 Å². The Bertz CT molecular complexity index is 617. The van der Waals surface area contributed by atoms with E-state index in [4.69, 9.17) is 11.6 Å². The van der Waals surface area contributed by atoms with E-state index in [9.17, 15) is 4.79 Å². The van der Waals surface area contributed by atoms with E-state index in [0.29, 0.717) is 11.4 Å². The van der Waals surface area contributed by atoms with Crippen LogP contribution in [0.3, 0.4) is 0 Å². The summed E-state index contributed by atoms with van der Waals surface area (Å²) in [5.74, 6) is 0.610. The number of amides is 1. The molecule has 5 heteroatoms. The first-order chi connectivity index (χ1) is 10.3. The number of rotatable bonds is 6. The van der Waals surface area contributed by atoms with Crippen LogP contribution in [0.4, 0.5) is 0 Å². The van der Waals surface area contributed by atoms with Crippen LogP contribution in [0.1, 0.15) is 12.0 Å². The predicted octanol–water partition coefficient (Wildman–Crippen LogP) is 3.97. The fourth-order valence-corrected chi connectivity index (χ4v) is 2.65. The maximum absolute atomic E-state index is 11.6. The summed E-state index contributed by atoms with van der Waals surface area (Å²) in [6.45, 7) is 0. The second-order valence-electron chi connectivity index (χ2n) is 4.23. The van der Waals surface area contributed by atoms with Crippen LogP contribution in [-0.4, -0.2) is 17.9 Å². The number of nitrogens with zero attached hydrogens (tertiary/aromatic N) is 1. The minimum Gasteiger partial charge on any atom is -0.273 e. The molecule has 2 rings (SSSR count). The lowest BCUT2D eigenvalue weighted by Crippen LogP contribution is -2.17. The molecule has 0 atom stereocenters. The van der Waals surface area contributed by atoms with E-state index in [1.54, 1.807) is 24.0 Å². The molecule has 2 aromatic carbocycles. The van der Waals surface area contributed by atoms with Crippen LogP contribution in [0.5, 0.6) is 0 Å². The summed E-state index contributed by atoms with van der Waals surface area (Å²) in [6.07, 6.45) is 1.96. The fraction of sp³-hybridized carbons (Fsp3) is 0.125. The molecule has 0 saturated heterocycles. The zero-order chi connectivity index (χ0) is 14.9. The van der Waals surface area contributed by atoms with Gasteiger partial charge in [0.1, 0.15) is 0 Å². The molecule has 2 aromatic rings. The first kappa shape index (κ1) is 15.6. The Labute approximate surface area is 133 Å². The predicted molar refractivity (Wildman–Crippen MR) is 89.0 cm³/mol. The number of benzene rings is 2. The van der Waals surface area contributed by atoms with Crippen molar-refractivity contribution in [1.29, 1.82) is 0 Å². The van der Waals surface area contributed by atoms with Crippen LogP contribution >= 0.6 is 23.4 Å². The van der Waals surface area contributed by atoms with Gasteiger partial charge in [0, 0.05) is 27.7 Å². The maximum Gasteiger partial charge on any atom is 0.240 e. The van der Waals surface area contributed by atoms with Crippen molar-refractivity contribution < 1.29 is 4.79 Å². The lowest BCUT2D eigenvalue weighted by Gasteiger charge is -2.01. The van der Waals surface area contributed by atoms with Crippen molar-refractivity contribution in [2.45, 2.75) is 11.3 Å². The van der Waals surface area contributed by atoms with Gasteiger partial charge in [-0.25, -0.2) is 5.43 Å². The van der Waals surface area contributed by atoms with Crippen LogP contribution < -0.4 is 5.43 Å². The minimum atomic E-state index is -0.110.